The van der Waals surface area contributed by atoms with Gasteiger partial charge in [-0.3, -0.25) is 4.79 Å². The van der Waals surface area contributed by atoms with Gasteiger partial charge in [0.25, 0.3) is 5.91 Å². The van der Waals surface area contributed by atoms with E-state index in [-0.39, 0.29) is 11.9 Å². The normalized spacial score (nSPS) is 11.8. The van der Waals surface area contributed by atoms with Crippen LogP contribution in [0.4, 0.5) is 0 Å². The zero-order valence-corrected chi connectivity index (χ0v) is 13.5. The topological polar surface area (TPSA) is 38.3 Å². The van der Waals surface area contributed by atoms with E-state index in [0.29, 0.717) is 5.56 Å². The molecule has 1 atom stereocenters. The zero-order chi connectivity index (χ0) is 14.5. The van der Waals surface area contributed by atoms with Gasteiger partial charge in [-0.25, -0.2) is 0 Å². The molecule has 1 amide bonds. The lowest BCUT2D eigenvalue weighted by Gasteiger charge is -2.15. The zero-order valence-electron chi connectivity index (χ0n) is 11.4. The molecule has 0 bridgehead atoms. The van der Waals surface area contributed by atoms with Crippen molar-refractivity contribution >= 4 is 28.5 Å². The van der Waals surface area contributed by atoms with E-state index in [1.54, 1.807) is 7.11 Å². The second-order valence-corrected chi connectivity index (χ2v) is 5.72. The highest BCUT2D eigenvalue weighted by Gasteiger charge is 2.11. The molecule has 20 heavy (non-hydrogen) atoms. The maximum atomic E-state index is 12.2. The molecular formula is C16H16INO2. The van der Waals surface area contributed by atoms with Crippen LogP contribution in [0.5, 0.6) is 5.75 Å². The van der Waals surface area contributed by atoms with Crippen molar-refractivity contribution in [1.29, 1.82) is 0 Å². The SMILES string of the molecule is COc1ccc(C(C)NC(=O)c2cccc(I)c2)cc1. The van der Waals surface area contributed by atoms with Crippen molar-refractivity contribution in [3.63, 3.8) is 0 Å². The van der Waals surface area contributed by atoms with Gasteiger partial charge < -0.3 is 10.1 Å². The molecule has 0 saturated heterocycles. The van der Waals surface area contributed by atoms with Gasteiger partial charge in [0.1, 0.15) is 5.75 Å². The summed E-state index contributed by atoms with van der Waals surface area (Å²) in [5.41, 5.74) is 1.72. The fourth-order valence-corrected chi connectivity index (χ4v) is 2.43. The second kappa shape index (κ2) is 6.74. The molecular weight excluding hydrogens is 365 g/mol. The van der Waals surface area contributed by atoms with Crippen molar-refractivity contribution in [3.8, 4) is 5.75 Å². The molecule has 3 nitrogen and oxygen atoms in total. The number of nitrogens with one attached hydrogen (secondary N) is 1. The summed E-state index contributed by atoms with van der Waals surface area (Å²) in [6, 6.07) is 15.2. The number of carbonyl (C=O) groups excluding carboxylic acids is 1. The molecule has 0 aromatic heterocycles. The van der Waals surface area contributed by atoms with Gasteiger partial charge in [-0.15, -0.1) is 0 Å². The molecule has 0 fully saturated rings. The number of methoxy groups -OCH3 is 1. The molecule has 0 heterocycles. The monoisotopic (exact) mass is 381 g/mol. The Morgan fingerprint density at radius 2 is 1.90 bits per heavy atom. The summed E-state index contributed by atoms with van der Waals surface area (Å²) in [4.78, 5) is 12.2. The van der Waals surface area contributed by atoms with Crippen LogP contribution in [0.2, 0.25) is 0 Å². The molecule has 4 heteroatoms. The Morgan fingerprint density at radius 3 is 2.50 bits per heavy atom. The molecule has 1 unspecified atom stereocenters. The van der Waals surface area contributed by atoms with E-state index in [0.717, 1.165) is 14.9 Å². The van der Waals surface area contributed by atoms with Crippen molar-refractivity contribution in [3.05, 3.63) is 63.2 Å². The summed E-state index contributed by atoms with van der Waals surface area (Å²) in [6.07, 6.45) is 0. The van der Waals surface area contributed by atoms with Crippen molar-refractivity contribution < 1.29 is 9.53 Å². The average molecular weight is 381 g/mol. The van der Waals surface area contributed by atoms with Crippen LogP contribution in [0, 0.1) is 3.57 Å². The van der Waals surface area contributed by atoms with Gasteiger partial charge in [-0.1, -0.05) is 18.2 Å². The van der Waals surface area contributed by atoms with Crippen molar-refractivity contribution in [2.24, 2.45) is 0 Å². The standard InChI is InChI=1S/C16H16INO2/c1-11(12-6-8-15(20-2)9-7-12)18-16(19)13-4-3-5-14(17)10-13/h3-11H,1-2H3,(H,18,19). The molecule has 0 saturated carbocycles. The van der Waals surface area contributed by atoms with Gasteiger partial charge >= 0.3 is 0 Å². The summed E-state index contributed by atoms with van der Waals surface area (Å²) < 4.78 is 6.17. The van der Waals surface area contributed by atoms with Crippen LogP contribution < -0.4 is 10.1 Å². The summed E-state index contributed by atoms with van der Waals surface area (Å²) in [5.74, 6) is 0.747. The van der Waals surface area contributed by atoms with Crippen LogP contribution in [0.3, 0.4) is 0 Å². The lowest BCUT2D eigenvalue weighted by atomic mass is 10.1. The smallest absolute Gasteiger partial charge is 0.251 e. The maximum Gasteiger partial charge on any atom is 0.251 e. The first-order chi connectivity index (χ1) is 9.60. The predicted octanol–water partition coefficient (Wildman–Crippen LogP) is 3.79. The number of hydrogen-bond acceptors (Lipinski definition) is 2. The van der Waals surface area contributed by atoms with Gasteiger partial charge in [0.2, 0.25) is 0 Å². The van der Waals surface area contributed by atoms with Gasteiger partial charge in [-0.2, -0.15) is 0 Å². The summed E-state index contributed by atoms with van der Waals surface area (Å²) in [5, 5.41) is 2.99. The molecule has 2 aromatic rings. The highest BCUT2D eigenvalue weighted by atomic mass is 127. The van der Waals surface area contributed by atoms with E-state index in [9.17, 15) is 4.79 Å². The number of benzene rings is 2. The Bertz CT molecular complexity index is 596. The quantitative estimate of drug-likeness (QED) is 0.819. The summed E-state index contributed by atoms with van der Waals surface area (Å²) >= 11 is 2.20. The van der Waals surface area contributed by atoms with Gasteiger partial charge in [0.15, 0.2) is 0 Å². The van der Waals surface area contributed by atoms with Crippen LogP contribution in [0.1, 0.15) is 28.9 Å². The van der Waals surface area contributed by atoms with E-state index in [1.807, 2.05) is 55.5 Å². The third-order valence-corrected chi connectivity index (χ3v) is 3.72. The number of carbonyl (C=O) groups is 1. The highest BCUT2D eigenvalue weighted by Crippen LogP contribution is 2.18. The number of hydrogen-bond donors (Lipinski definition) is 1. The average Bonchev–Trinajstić information content (AvgIpc) is 2.47. The van der Waals surface area contributed by atoms with Crippen molar-refractivity contribution in [2.75, 3.05) is 7.11 Å². The fourth-order valence-electron chi connectivity index (χ4n) is 1.89. The molecule has 1 N–H and O–H groups in total. The molecule has 0 aliphatic heterocycles. The van der Waals surface area contributed by atoms with Crippen molar-refractivity contribution in [2.45, 2.75) is 13.0 Å². The highest BCUT2D eigenvalue weighted by molar-refractivity contribution is 14.1. The largest absolute Gasteiger partial charge is 0.497 e. The molecule has 2 rings (SSSR count). The first kappa shape index (κ1) is 14.8. The van der Waals surface area contributed by atoms with Crippen LogP contribution in [0.25, 0.3) is 0 Å². The number of halogens is 1. The predicted molar refractivity (Wildman–Crippen MR) is 88.0 cm³/mol. The van der Waals surface area contributed by atoms with Gasteiger partial charge in [-0.05, 0) is 65.4 Å². The fraction of sp³-hybridized carbons (Fsp3) is 0.188. The third-order valence-electron chi connectivity index (χ3n) is 3.05. The summed E-state index contributed by atoms with van der Waals surface area (Å²) in [6.45, 7) is 1.97. The minimum atomic E-state index is -0.0631. The first-order valence-corrected chi connectivity index (χ1v) is 7.38. The minimum Gasteiger partial charge on any atom is -0.497 e. The lowest BCUT2D eigenvalue weighted by Crippen LogP contribution is -2.26. The molecule has 104 valence electrons. The van der Waals surface area contributed by atoms with E-state index in [4.69, 9.17) is 4.74 Å². The van der Waals surface area contributed by atoms with Gasteiger partial charge in [0.05, 0.1) is 13.2 Å². The maximum absolute atomic E-state index is 12.2. The Balaban J connectivity index is 2.06. The molecule has 0 spiro atoms. The Morgan fingerprint density at radius 1 is 1.20 bits per heavy atom. The number of rotatable bonds is 4. The molecule has 2 aromatic carbocycles. The van der Waals surface area contributed by atoms with Crippen LogP contribution >= 0.6 is 22.6 Å². The lowest BCUT2D eigenvalue weighted by molar-refractivity contribution is 0.0940. The Labute approximate surface area is 132 Å². The minimum absolute atomic E-state index is 0.0497. The van der Waals surface area contributed by atoms with Crippen LogP contribution in [-0.2, 0) is 0 Å². The van der Waals surface area contributed by atoms with Crippen LogP contribution in [-0.4, -0.2) is 13.0 Å². The van der Waals surface area contributed by atoms with Crippen molar-refractivity contribution in [1.82, 2.24) is 5.32 Å². The molecule has 0 radical (unpaired) electrons. The Hall–Kier alpha value is -1.56. The molecule has 0 aliphatic carbocycles. The van der Waals surface area contributed by atoms with E-state index < -0.39 is 0 Å². The summed E-state index contributed by atoms with van der Waals surface area (Å²) in [7, 11) is 1.64. The van der Waals surface area contributed by atoms with E-state index >= 15 is 0 Å². The third kappa shape index (κ3) is 3.72. The van der Waals surface area contributed by atoms with Gasteiger partial charge in [0, 0.05) is 9.13 Å². The number of amides is 1. The Kier molecular flexibility index (Phi) is 5.00. The molecule has 0 aliphatic rings. The first-order valence-electron chi connectivity index (χ1n) is 6.30. The van der Waals surface area contributed by atoms with E-state index in [1.165, 1.54) is 0 Å². The van der Waals surface area contributed by atoms with Crippen LogP contribution in [0.15, 0.2) is 48.5 Å². The van der Waals surface area contributed by atoms with E-state index in [2.05, 4.69) is 27.9 Å². The second-order valence-electron chi connectivity index (χ2n) is 4.48. The number of ether oxygens (including phenoxy) is 1.